The molecule has 1 aromatic heterocycles. The van der Waals surface area contributed by atoms with Crippen molar-refractivity contribution in [3.8, 4) is 0 Å². The summed E-state index contributed by atoms with van der Waals surface area (Å²) in [5, 5.41) is 14.8. The molecule has 1 heterocycles. The lowest BCUT2D eigenvalue weighted by molar-refractivity contribution is -0.140. The van der Waals surface area contributed by atoms with Crippen molar-refractivity contribution in [1.82, 2.24) is 15.2 Å². The number of nitrogens with zero attached hydrogens (tertiary/aromatic N) is 2. The molecular formula is C31H35N3O3. The summed E-state index contributed by atoms with van der Waals surface area (Å²) in [7, 11) is 0. The average molecular weight is 498 g/mol. The van der Waals surface area contributed by atoms with Crippen LogP contribution in [0, 0.1) is 23.7 Å². The van der Waals surface area contributed by atoms with Gasteiger partial charge in [0.15, 0.2) is 0 Å². The van der Waals surface area contributed by atoms with Crippen molar-refractivity contribution in [2.24, 2.45) is 23.7 Å². The van der Waals surface area contributed by atoms with Gasteiger partial charge in [0, 0.05) is 30.6 Å². The van der Waals surface area contributed by atoms with Gasteiger partial charge in [-0.3, -0.25) is 14.7 Å². The van der Waals surface area contributed by atoms with Crippen LogP contribution in [0.2, 0.25) is 0 Å². The van der Waals surface area contributed by atoms with Gasteiger partial charge in [0.2, 0.25) is 5.91 Å². The van der Waals surface area contributed by atoms with Crippen LogP contribution in [0.25, 0.3) is 10.9 Å². The fourth-order valence-corrected chi connectivity index (χ4v) is 7.84. The molecular weight excluding hydrogens is 462 g/mol. The summed E-state index contributed by atoms with van der Waals surface area (Å²) < 4.78 is 0. The van der Waals surface area contributed by atoms with E-state index < -0.39 is 11.6 Å². The Morgan fingerprint density at radius 2 is 1.59 bits per heavy atom. The van der Waals surface area contributed by atoms with Gasteiger partial charge in [-0.1, -0.05) is 48.5 Å². The molecule has 7 rings (SSSR count). The maximum absolute atomic E-state index is 14.1. The van der Waals surface area contributed by atoms with Crippen LogP contribution in [0.15, 0.2) is 66.9 Å². The second-order valence-electron chi connectivity index (χ2n) is 11.7. The summed E-state index contributed by atoms with van der Waals surface area (Å²) in [5.41, 5.74) is 1.48. The number of fused-ring (bicyclic) bond motifs is 1. The highest BCUT2D eigenvalue weighted by atomic mass is 16.4. The molecule has 0 spiro atoms. The fraction of sp³-hybridized carbons (Fsp3) is 0.452. The summed E-state index contributed by atoms with van der Waals surface area (Å²) in [5.74, 6) is 1.86. The van der Waals surface area contributed by atoms with Gasteiger partial charge in [0.1, 0.15) is 5.54 Å². The molecule has 4 bridgehead atoms. The molecule has 3 aromatic rings. The van der Waals surface area contributed by atoms with Crippen LogP contribution < -0.4 is 5.32 Å². The zero-order valence-corrected chi connectivity index (χ0v) is 21.3. The molecule has 37 heavy (non-hydrogen) atoms. The van der Waals surface area contributed by atoms with Crippen molar-refractivity contribution in [2.75, 3.05) is 0 Å². The summed E-state index contributed by atoms with van der Waals surface area (Å²) in [4.78, 5) is 33.3. The minimum absolute atomic E-state index is 0.119. The molecule has 2 aromatic carbocycles. The van der Waals surface area contributed by atoms with Crippen LogP contribution in [0.4, 0.5) is 4.79 Å². The molecule has 1 atom stereocenters. The topological polar surface area (TPSA) is 82.5 Å². The van der Waals surface area contributed by atoms with Crippen molar-refractivity contribution < 1.29 is 14.7 Å². The fourth-order valence-electron chi connectivity index (χ4n) is 7.84. The van der Waals surface area contributed by atoms with Gasteiger partial charge in [-0.05, 0) is 86.0 Å². The predicted octanol–water partition coefficient (Wildman–Crippen LogP) is 5.66. The van der Waals surface area contributed by atoms with Gasteiger partial charge in [-0.2, -0.15) is 0 Å². The maximum Gasteiger partial charge on any atom is 0.408 e. The molecule has 0 radical (unpaired) electrons. The number of carboxylic acid groups (broad SMARTS) is 1. The third-order valence-corrected chi connectivity index (χ3v) is 9.19. The standard InChI is InChI=1S/C31H35N3O3/c1-31(29(35)33-18-20-7-3-2-4-8-20,17-23-16-24-9-5-6-10-27(24)32-19-23)34(30(36)37)28-25-12-21-11-22(14-25)15-26(28)13-21/h2-10,16,19,21-22,25-26,28H,11-15,17-18H2,1H3,(H,33,35)(H,36,37). The minimum Gasteiger partial charge on any atom is -0.465 e. The number of hydrogen-bond acceptors (Lipinski definition) is 3. The number of pyridine rings is 1. The highest BCUT2D eigenvalue weighted by Crippen LogP contribution is 2.56. The number of benzene rings is 2. The van der Waals surface area contributed by atoms with Crippen molar-refractivity contribution in [3.63, 3.8) is 0 Å². The van der Waals surface area contributed by atoms with E-state index in [1.54, 1.807) is 11.1 Å². The molecule has 0 aliphatic heterocycles. The highest BCUT2D eigenvalue weighted by molar-refractivity contribution is 5.90. The lowest BCUT2D eigenvalue weighted by Crippen LogP contribution is -2.68. The Kier molecular flexibility index (Phi) is 6.13. The molecule has 4 fully saturated rings. The summed E-state index contributed by atoms with van der Waals surface area (Å²) >= 11 is 0. The van der Waals surface area contributed by atoms with Crippen molar-refractivity contribution in [3.05, 3.63) is 78.0 Å². The van der Waals surface area contributed by atoms with Crippen LogP contribution in [-0.4, -0.2) is 38.6 Å². The average Bonchev–Trinajstić information content (AvgIpc) is 2.89. The summed E-state index contributed by atoms with van der Waals surface area (Å²) in [6.07, 6.45) is 6.71. The van der Waals surface area contributed by atoms with Crippen LogP contribution >= 0.6 is 0 Å². The number of hydrogen-bond donors (Lipinski definition) is 2. The van der Waals surface area contributed by atoms with E-state index in [4.69, 9.17) is 0 Å². The Bertz CT molecular complexity index is 1280. The second kappa shape index (κ2) is 9.47. The number of nitrogens with one attached hydrogen (secondary N) is 1. The zero-order valence-electron chi connectivity index (χ0n) is 21.3. The van der Waals surface area contributed by atoms with E-state index in [1.165, 1.54) is 6.42 Å². The van der Waals surface area contributed by atoms with Gasteiger partial charge in [-0.15, -0.1) is 0 Å². The Morgan fingerprint density at radius 1 is 0.946 bits per heavy atom. The van der Waals surface area contributed by atoms with E-state index in [2.05, 4.69) is 10.3 Å². The van der Waals surface area contributed by atoms with Gasteiger partial charge in [-0.25, -0.2) is 4.79 Å². The highest BCUT2D eigenvalue weighted by Gasteiger charge is 2.56. The second-order valence-corrected chi connectivity index (χ2v) is 11.7. The van der Waals surface area contributed by atoms with E-state index in [0.29, 0.717) is 18.4 Å². The monoisotopic (exact) mass is 497 g/mol. The number of rotatable bonds is 7. The summed E-state index contributed by atoms with van der Waals surface area (Å²) in [6, 6.07) is 19.6. The van der Waals surface area contributed by atoms with Gasteiger partial charge >= 0.3 is 6.09 Å². The first kappa shape index (κ1) is 24.0. The van der Waals surface area contributed by atoms with Crippen LogP contribution in [0.3, 0.4) is 0 Å². The third kappa shape index (κ3) is 4.47. The largest absolute Gasteiger partial charge is 0.465 e. The first-order valence-electron chi connectivity index (χ1n) is 13.6. The van der Waals surface area contributed by atoms with Gasteiger partial charge in [0.05, 0.1) is 5.52 Å². The quantitative estimate of drug-likeness (QED) is 0.441. The minimum atomic E-state index is -1.26. The molecule has 2 N–H and O–H groups in total. The third-order valence-electron chi connectivity index (χ3n) is 9.19. The summed E-state index contributed by atoms with van der Waals surface area (Å²) in [6.45, 7) is 2.18. The van der Waals surface area contributed by atoms with Crippen LogP contribution in [0.5, 0.6) is 0 Å². The van der Waals surface area contributed by atoms with Crippen LogP contribution in [0.1, 0.15) is 50.2 Å². The predicted molar refractivity (Wildman–Crippen MR) is 143 cm³/mol. The maximum atomic E-state index is 14.1. The van der Waals surface area contributed by atoms with Crippen molar-refractivity contribution in [2.45, 2.75) is 63.6 Å². The Morgan fingerprint density at radius 3 is 2.27 bits per heavy atom. The number of amides is 2. The van der Waals surface area contributed by atoms with E-state index in [9.17, 15) is 14.7 Å². The lowest BCUT2D eigenvalue weighted by atomic mass is 9.53. The zero-order chi connectivity index (χ0) is 25.6. The Hall–Kier alpha value is -3.41. The number of aromatic nitrogens is 1. The van der Waals surface area contributed by atoms with E-state index in [0.717, 1.165) is 59.5 Å². The number of para-hydroxylation sites is 1. The Balaban J connectivity index is 1.36. The molecule has 192 valence electrons. The molecule has 6 nitrogen and oxygen atoms in total. The van der Waals surface area contributed by atoms with E-state index in [-0.39, 0.29) is 18.4 Å². The SMILES string of the molecule is CC(Cc1cnc2ccccc2c1)(C(=O)NCc1ccccc1)N(C(=O)O)C1C2CC3CC(C2)CC1C3. The molecule has 4 aliphatic carbocycles. The van der Waals surface area contributed by atoms with E-state index >= 15 is 0 Å². The molecule has 2 amide bonds. The molecule has 4 saturated carbocycles. The normalized spacial score (nSPS) is 27.5. The molecule has 6 heteroatoms. The van der Waals surface area contributed by atoms with Crippen LogP contribution in [-0.2, 0) is 17.8 Å². The smallest absolute Gasteiger partial charge is 0.408 e. The molecule has 0 saturated heterocycles. The van der Waals surface area contributed by atoms with Crippen molar-refractivity contribution in [1.29, 1.82) is 0 Å². The number of carbonyl (C=O) groups excluding carboxylic acids is 1. The Labute approximate surface area is 218 Å². The molecule has 1 unspecified atom stereocenters. The lowest BCUT2D eigenvalue weighted by Gasteiger charge is -2.59. The van der Waals surface area contributed by atoms with Crippen molar-refractivity contribution >= 4 is 22.9 Å². The first-order valence-corrected chi connectivity index (χ1v) is 13.6. The number of carbonyl (C=O) groups is 2. The van der Waals surface area contributed by atoms with Gasteiger partial charge < -0.3 is 10.4 Å². The molecule has 4 aliphatic rings. The first-order chi connectivity index (χ1) is 17.9. The van der Waals surface area contributed by atoms with E-state index in [1.807, 2.05) is 67.6 Å². The van der Waals surface area contributed by atoms with Gasteiger partial charge in [0.25, 0.3) is 0 Å².